The van der Waals surface area contributed by atoms with Gasteiger partial charge in [-0.05, 0) is 54.6 Å². The maximum Gasteiger partial charge on any atom is 0.290 e. The van der Waals surface area contributed by atoms with Gasteiger partial charge in [0.2, 0.25) is 23.9 Å². The molecule has 0 spiro atoms. The molecule has 0 saturated carbocycles. The Labute approximate surface area is 232 Å². The largest absolute Gasteiger partial charge is 0.369 e. The number of hydrogen-bond donors (Lipinski definition) is 3. The number of hydrogen-bond acceptors (Lipinski definition) is 7. The highest BCUT2D eigenvalue weighted by Crippen LogP contribution is 2.21. The summed E-state index contributed by atoms with van der Waals surface area (Å²) in [4.78, 5) is 13.0. The number of nitrogens with zero attached hydrogens (tertiary/aromatic N) is 2. The first-order valence-corrected chi connectivity index (χ1v) is 14.0. The van der Waals surface area contributed by atoms with Gasteiger partial charge in [0.25, 0.3) is 15.9 Å². The second-order valence-electron chi connectivity index (χ2n) is 8.06. The number of carbonyl (C=O) groups is 1. The number of nitrogens with one attached hydrogen (secondary N) is 1. The highest BCUT2D eigenvalue weighted by molar-refractivity contribution is 7.90. The minimum absolute atomic E-state index is 0.0450. The number of carbonyl (C=O) groups excluding carboxylic acids is 1. The molecule has 208 valence electrons. The fourth-order valence-corrected chi connectivity index (χ4v) is 4.54. The smallest absolute Gasteiger partial charge is 0.290 e. The number of aromatic nitrogens is 1. The number of sulfonamides is 1. The molecule has 1 heterocycles. The van der Waals surface area contributed by atoms with Crippen molar-refractivity contribution in [3.63, 3.8) is 0 Å². The topological polar surface area (TPSA) is 224 Å². The van der Waals surface area contributed by atoms with Gasteiger partial charge < -0.3 is 16.8 Å². The number of rotatable bonds is 7. The van der Waals surface area contributed by atoms with Crippen LogP contribution in [-0.2, 0) is 21.4 Å². The molecule has 1 aromatic heterocycles. The average molecular weight is 586 g/mol. The SMILES string of the molecule is NC(N)=NS(=O)(=O)c1ccc(NC(=O)C[n+]2c(-c3ccccc3)cccc2-c2ccccc2)cc1.[O-][Cl+3]([O-])([O-])[O-]. The van der Waals surface area contributed by atoms with E-state index in [4.69, 9.17) is 30.1 Å². The van der Waals surface area contributed by atoms with Crippen LogP contribution in [-0.4, -0.2) is 20.3 Å². The second-order valence-corrected chi connectivity index (χ2v) is 10.4. The van der Waals surface area contributed by atoms with Gasteiger partial charge in [-0.15, -0.1) is 14.6 Å². The summed E-state index contributed by atoms with van der Waals surface area (Å²) in [5, 5.41) is 2.83. The van der Waals surface area contributed by atoms with Crippen molar-refractivity contribution in [1.82, 2.24) is 0 Å². The number of anilines is 1. The maximum absolute atomic E-state index is 13.1. The Kier molecular flexibility index (Phi) is 9.90. The van der Waals surface area contributed by atoms with Crippen LogP contribution in [0.5, 0.6) is 0 Å². The summed E-state index contributed by atoms with van der Waals surface area (Å²) in [6.07, 6.45) is 0. The Bertz CT molecular complexity index is 1510. The molecule has 0 fully saturated rings. The first-order valence-electron chi connectivity index (χ1n) is 11.3. The van der Waals surface area contributed by atoms with Crippen LogP contribution in [0.2, 0.25) is 0 Å². The zero-order valence-electron chi connectivity index (χ0n) is 20.7. The molecule has 14 heteroatoms. The lowest BCUT2D eigenvalue weighted by Crippen LogP contribution is -2.68. The van der Waals surface area contributed by atoms with E-state index in [2.05, 4.69) is 9.71 Å². The highest BCUT2D eigenvalue weighted by Gasteiger charge is 2.23. The van der Waals surface area contributed by atoms with Gasteiger partial charge >= 0.3 is 0 Å². The van der Waals surface area contributed by atoms with Crippen molar-refractivity contribution >= 4 is 27.6 Å². The zero-order chi connectivity index (χ0) is 29.3. The Morgan fingerprint density at radius 3 is 1.62 bits per heavy atom. The fraction of sp³-hybridized carbons (Fsp3) is 0.0385. The van der Waals surface area contributed by atoms with E-state index in [0.717, 1.165) is 22.5 Å². The fourth-order valence-electron chi connectivity index (χ4n) is 3.68. The maximum atomic E-state index is 13.1. The Balaban J connectivity index is 0.000000810. The van der Waals surface area contributed by atoms with Gasteiger partial charge in [-0.3, -0.25) is 4.79 Å². The van der Waals surface area contributed by atoms with E-state index in [0.29, 0.717) is 5.69 Å². The Morgan fingerprint density at radius 2 is 1.20 bits per heavy atom. The summed E-state index contributed by atoms with van der Waals surface area (Å²) in [6, 6.07) is 31.2. The monoisotopic (exact) mass is 585 g/mol. The van der Waals surface area contributed by atoms with Crippen LogP contribution in [0, 0.1) is 10.2 Å². The summed E-state index contributed by atoms with van der Waals surface area (Å²) >= 11 is 0. The van der Waals surface area contributed by atoms with E-state index >= 15 is 0 Å². The van der Waals surface area contributed by atoms with Crippen molar-refractivity contribution in [2.75, 3.05) is 5.32 Å². The van der Waals surface area contributed by atoms with Gasteiger partial charge in [-0.1, -0.05) is 36.4 Å². The number of halogens is 1. The number of benzene rings is 3. The summed E-state index contributed by atoms with van der Waals surface area (Å²) in [5.41, 5.74) is 14.5. The van der Waals surface area contributed by atoms with Crippen molar-refractivity contribution < 1.29 is 46.7 Å². The lowest BCUT2D eigenvalue weighted by molar-refractivity contribution is -2.00. The van der Waals surface area contributed by atoms with Crippen molar-refractivity contribution in [2.45, 2.75) is 11.4 Å². The van der Waals surface area contributed by atoms with Crippen LogP contribution in [0.15, 0.2) is 112 Å². The number of guanidine groups is 1. The molecule has 0 bridgehead atoms. The lowest BCUT2D eigenvalue weighted by atomic mass is 10.1. The molecule has 0 atom stereocenters. The predicted octanol–water partition coefficient (Wildman–Crippen LogP) is -1.85. The van der Waals surface area contributed by atoms with Crippen LogP contribution in [0.4, 0.5) is 5.69 Å². The predicted molar refractivity (Wildman–Crippen MR) is 136 cm³/mol. The van der Waals surface area contributed by atoms with Gasteiger partial charge in [0.1, 0.15) is 0 Å². The molecule has 4 aromatic rings. The van der Waals surface area contributed by atoms with Crippen LogP contribution < -0.4 is 40.0 Å². The molecule has 12 nitrogen and oxygen atoms in total. The van der Waals surface area contributed by atoms with Crippen LogP contribution >= 0.6 is 0 Å². The van der Waals surface area contributed by atoms with Gasteiger partial charge in [-0.25, -0.2) is 18.6 Å². The van der Waals surface area contributed by atoms with Crippen molar-refractivity contribution in [3.05, 3.63) is 103 Å². The summed E-state index contributed by atoms with van der Waals surface area (Å²) in [7, 11) is -8.95. The molecule has 0 aliphatic rings. The van der Waals surface area contributed by atoms with Gasteiger partial charge in [0.15, 0.2) is 0 Å². The first-order chi connectivity index (χ1) is 18.8. The molecule has 3 aromatic carbocycles. The van der Waals surface area contributed by atoms with Gasteiger partial charge in [-0.2, -0.15) is 13.0 Å². The minimum Gasteiger partial charge on any atom is -0.369 e. The number of pyridine rings is 1. The zero-order valence-corrected chi connectivity index (χ0v) is 22.3. The van der Waals surface area contributed by atoms with Crippen LogP contribution in [0.3, 0.4) is 0 Å². The number of amides is 1. The van der Waals surface area contributed by atoms with E-state index in [9.17, 15) is 13.2 Å². The molecule has 40 heavy (non-hydrogen) atoms. The second kappa shape index (κ2) is 13.1. The standard InChI is InChI=1S/C26H23N5O3S.ClHO4/c27-26(28)30-35(33,34)22-16-14-21(15-17-22)29-25(32)18-31-23(19-8-3-1-4-9-19)12-7-13-24(31)20-10-5-2-6-11-20;2-1(3,4)5/h1-17H,18H2,(H4-,27,28,29,30,32);(H,2,3,4,5). The molecule has 0 aliphatic carbocycles. The van der Waals surface area contributed by atoms with Gasteiger partial charge in [0.05, 0.1) is 4.90 Å². The average Bonchev–Trinajstić information content (AvgIpc) is 2.88. The number of nitrogens with two attached hydrogens (primary N) is 2. The molecule has 0 aliphatic heterocycles. The van der Waals surface area contributed by atoms with Crippen molar-refractivity contribution in [3.8, 4) is 22.5 Å². The molecular weight excluding hydrogens is 562 g/mol. The Hall–Kier alpha value is -4.37. The van der Waals surface area contributed by atoms with E-state index in [-0.39, 0.29) is 17.3 Å². The third kappa shape index (κ3) is 9.13. The third-order valence-electron chi connectivity index (χ3n) is 5.19. The molecule has 0 unspecified atom stereocenters. The summed E-state index contributed by atoms with van der Waals surface area (Å²) in [5.74, 6) is -0.818. The van der Waals surface area contributed by atoms with Crippen molar-refractivity contribution in [2.24, 2.45) is 15.9 Å². The summed E-state index contributed by atoms with van der Waals surface area (Å²) in [6.45, 7) is 0.0450. The third-order valence-corrected chi connectivity index (χ3v) is 6.51. The lowest BCUT2D eigenvalue weighted by Gasteiger charge is -2.17. The molecule has 1 amide bonds. The highest BCUT2D eigenvalue weighted by atomic mass is 35.7. The van der Waals surface area contributed by atoms with Crippen molar-refractivity contribution in [1.29, 1.82) is 0 Å². The molecule has 4 rings (SSSR count). The molecule has 0 radical (unpaired) electrons. The Morgan fingerprint density at radius 1 is 0.750 bits per heavy atom. The quantitative estimate of drug-likeness (QED) is 0.125. The minimum atomic E-state index is -4.94. The molecule has 0 saturated heterocycles. The van der Waals surface area contributed by atoms with E-state index < -0.39 is 26.2 Å². The molecule has 5 N–H and O–H groups in total. The normalized spacial score (nSPS) is 11.1. The summed E-state index contributed by atoms with van der Waals surface area (Å²) < 4.78 is 63.4. The van der Waals surface area contributed by atoms with Gasteiger partial charge in [0, 0.05) is 28.9 Å². The van der Waals surface area contributed by atoms with E-state index in [1.165, 1.54) is 24.3 Å². The van der Waals surface area contributed by atoms with E-state index in [1.807, 2.05) is 83.4 Å². The first kappa shape index (κ1) is 30.2. The van der Waals surface area contributed by atoms with E-state index in [1.54, 1.807) is 0 Å². The van der Waals surface area contributed by atoms with Crippen LogP contribution in [0.1, 0.15) is 0 Å². The molecular formula is C26H24ClN5O7S. The van der Waals surface area contributed by atoms with Crippen LogP contribution in [0.25, 0.3) is 22.5 Å².